The van der Waals surface area contributed by atoms with Crippen LogP contribution in [0.5, 0.6) is 0 Å². The Labute approximate surface area is 313 Å². The summed E-state index contributed by atoms with van der Waals surface area (Å²) in [7, 11) is -1.43. The molecule has 252 valence electrons. The number of hydrogen-bond donors (Lipinski definition) is 2. The van der Waals surface area contributed by atoms with Gasteiger partial charge in [0.1, 0.15) is 0 Å². The van der Waals surface area contributed by atoms with Gasteiger partial charge in [0.25, 0.3) is 0 Å². The van der Waals surface area contributed by atoms with Crippen LogP contribution in [-0.2, 0) is 12.8 Å². The number of hydrogen-bond acceptors (Lipinski definition) is 6. The van der Waals surface area contributed by atoms with Crippen LogP contribution in [0.2, 0.25) is 20.1 Å². The molecule has 0 aromatic heterocycles. The highest BCUT2D eigenvalue weighted by atomic mass is 127. The van der Waals surface area contributed by atoms with Gasteiger partial charge < -0.3 is 10.0 Å². The van der Waals surface area contributed by atoms with Gasteiger partial charge in [-0.1, -0.05) is 70.7 Å². The molecule has 2 N–H and O–H groups in total. The molecule has 6 rings (SSSR count). The number of aliphatic imine (C=N–C) groups is 2. The van der Waals surface area contributed by atoms with Crippen molar-refractivity contribution in [3.63, 3.8) is 0 Å². The Kier molecular flexibility index (Phi) is 13.5. The van der Waals surface area contributed by atoms with Gasteiger partial charge in [0.05, 0.1) is 31.5 Å². The molecule has 4 nitrogen and oxygen atoms in total. The lowest BCUT2D eigenvalue weighted by atomic mass is 9.81. The fraction of sp³-hybridized carbons (Fsp3) is 0.133. The predicted molar refractivity (Wildman–Crippen MR) is 196 cm³/mol. The molecular formula is C30H18BCl4F6IN2O2S2. The van der Waals surface area contributed by atoms with E-state index in [0.29, 0.717) is 36.9 Å². The van der Waals surface area contributed by atoms with Gasteiger partial charge >= 0.3 is 18.1 Å². The third-order valence-corrected chi connectivity index (χ3v) is 9.93. The molecule has 0 spiro atoms. The van der Waals surface area contributed by atoms with Crippen molar-refractivity contribution in [3.8, 4) is 11.1 Å². The molecule has 0 fully saturated rings. The van der Waals surface area contributed by atoms with Gasteiger partial charge in [-0.3, -0.25) is 0 Å². The highest BCUT2D eigenvalue weighted by Crippen LogP contribution is 2.43. The van der Waals surface area contributed by atoms with Gasteiger partial charge in [-0.05, 0) is 93.3 Å². The quantitative estimate of drug-likeness (QED) is 0.120. The average Bonchev–Trinajstić information content (AvgIpc) is 3.52. The number of rotatable bonds is 2. The lowest BCUT2D eigenvalue weighted by Gasteiger charge is -2.08. The summed E-state index contributed by atoms with van der Waals surface area (Å²) in [5.41, 5.74) is -4.11. The highest BCUT2D eigenvalue weighted by molar-refractivity contribution is 14.1. The number of nitrogens with zero attached hydrogens (tertiary/aromatic N) is 2. The smallest absolute Gasteiger partial charge is 0.423 e. The molecule has 18 heteroatoms. The topological polar surface area (TPSA) is 65.2 Å². The van der Waals surface area contributed by atoms with E-state index in [9.17, 15) is 26.3 Å². The SMILES string of the molecule is FC(F)(F)SC1=Nc2cc(Cl)c(-c3cccc(Cl)c3)cc2C1.FC(F)(F)SC1=Nc2cc(Cl)c(I)cc2C1.OB(O)c1cccc(Cl)c1. The lowest BCUT2D eigenvalue weighted by molar-refractivity contribution is -0.0325. The first-order valence-electron chi connectivity index (χ1n) is 13.2. The Morgan fingerprint density at radius 2 is 1.17 bits per heavy atom. The van der Waals surface area contributed by atoms with Crippen LogP contribution < -0.4 is 5.46 Å². The summed E-state index contributed by atoms with van der Waals surface area (Å²) in [6.45, 7) is 0. The maximum absolute atomic E-state index is 12.4. The minimum Gasteiger partial charge on any atom is -0.423 e. The number of benzene rings is 4. The highest BCUT2D eigenvalue weighted by Gasteiger charge is 2.34. The molecule has 0 saturated heterocycles. The largest absolute Gasteiger partial charge is 0.488 e. The molecule has 0 unspecified atom stereocenters. The van der Waals surface area contributed by atoms with Gasteiger partial charge in [0.2, 0.25) is 0 Å². The Balaban J connectivity index is 0.000000175. The van der Waals surface area contributed by atoms with E-state index in [2.05, 4.69) is 9.98 Å². The zero-order chi connectivity index (χ0) is 35.4. The minimum atomic E-state index is -4.33. The van der Waals surface area contributed by atoms with Gasteiger partial charge in [-0.2, -0.15) is 26.3 Å². The molecule has 2 aliphatic rings. The molecule has 0 amide bonds. The van der Waals surface area contributed by atoms with Crippen LogP contribution in [0.4, 0.5) is 37.7 Å². The third-order valence-electron chi connectivity index (χ3n) is 6.21. The third kappa shape index (κ3) is 11.7. The van der Waals surface area contributed by atoms with E-state index in [1.54, 1.807) is 60.7 Å². The molecule has 4 aromatic carbocycles. The molecule has 0 aliphatic carbocycles. The zero-order valence-corrected chi connectivity index (χ0v) is 30.5. The number of thioether (sulfide) groups is 2. The summed E-state index contributed by atoms with van der Waals surface area (Å²) in [6, 6.07) is 20.3. The first-order valence-corrected chi connectivity index (χ1v) is 17.4. The van der Waals surface area contributed by atoms with Crippen molar-refractivity contribution < 1.29 is 36.4 Å². The zero-order valence-electron chi connectivity index (χ0n) is 23.7. The van der Waals surface area contributed by atoms with Gasteiger partial charge in [-0.25, -0.2) is 9.98 Å². The number of alkyl halides is 6. The van der Waals surface area contributed by atoms with E-state index in [-0.39, 0.29) is 46.5 Å². The van der Waals surface area contributed by atoms with Crippen molar-refractivity contribution in [2.24, 2.45) is 9.98 Å². The normalized spacial score (nSPS) is 13.4. The van der Waals surface area contributed by atoms with Gasteiger partial charge in [0, 0.05) is 55.5 Å². The molecule has 0 atom stereocenters. The van der Waals surface area contributed by atoms with E-state index < -0.39 is 18.1 Å². The second kappa shape index (κ2) is 16.6. The van der Waals surface area contributed by atoms with E-state index in [4.69, 9.17) is 56.5 Å². The summed E-state index contributed by atoms with van der Waals surface area (Å²) in [4.78, 5) is 7.91. The molecule has 0 radical (unpaired) electrons. The second-order valence-corrected chi connectivity index (χ2v) is 14.9. The molecule has 0 bridgehead atoms. The summed E-state index contributed by atoms with van der Waals surface area (Å²) in [5.74, 6) is 0. The number of fused-ring (bicyclic) bond motifs is 2. The van der Waals surface area contributed by atoms with Gasteiger partial charge in [0.15, 0.2) is 0 Å². The maximum atomic E-state index is 12.4. The van der Waals surface area contributed by atoms with Crippen LogP contribution in [0.3, 0.4) is 0 Å². The monoisotopic (exact) mass is 894 g/mol. The van der Waals surface area contributed by atoms with E-state index in [1.807, 2.05) is 28.7 Å². The minimum absolute atomic E-state index is 0.0295. The Bertz CT molecular complexity index is 1880. The molecule has 48 heavy (non-hydrogen) atoms. The van der Waals surface area contributed by atoms with Crippen molar-refractivity contribution in [3.05, 3.63) is 108 Å². The molecular weight excluding hydrogens is 878 g/mol. The fourth-order valence-corrected chi connectivity index (χ4v) is 6.90. The maximum Gasteiger partial charge on any atom is 0.488 e. The van der Waals surface area contributed by atoms with Crippen molar-refractivity contribution >= 4 is 127 Å². The first kappa shape index (κ1) is 39.2. The fourth-order valence-electron chi connectivity index (χ4n) is 4.28. The standard InChI is InChI=1S/C15H8Cl2F3NS.C9H4ClF3INS.C6H6BClO2/c16-10-3-1-2-8(4-10)11-5-9-6-14(22-15(18,19)20)21-13(9)7-12(11)17;10-5-3-7-4(1-6(5)14)2-8(15-7)16-9(11,12)13;8-6-3-1-2-5(4-6)7(9)10/h1-5,7H,6H2;1,3H,2H2;1-4,9-10H. The predicted octanol–water partition coefficient (Wildman–Crippen LogP) is 11.3. The van der Waals surface area contributed by atoms with E-state index in [1.165, 1.54) is 6.07 Å². The summed E-state index contributed by atoms with van der Waals surface area (Å²) in [5, 5.41) is 19.4. The average molecular weight is 896 g/mol. The molecule has 4 aromatic rings. The summed E-state index contributed by atoms with van der Waals surface area (Å²) >= 11 is 25.3. The van der Waals surface area contributed by atoms with Crippen LogP contribution in [0.1, 0.15) is 11.1 Å². The van der Waals surface area contributed by atoms with Crippen LogP contribution in [-0.4, -0.2) is 38.3 Å². The van der Waals surface area contributed by atoms with E-state index >= 15 is 0 Å². The molecule has 2 heterocycles. The number of halogens is 11. The van der Waals surface area contributed by atoms with Crippen molar-refractivity contribution in [2.75, 3.05) is 0 Å². The van der Waals surface area contributed by atoms with Gasteiger partial charge in [-0.15, -0.1) is 0 Å². The first-order chi connectivity index (χ1) is 22.4. The second-order valence-electron chi connectivity index (χ2n) is 9.76. The van der Waals surface area contributed by atoms with Crippen molar-refractivity contribution in [1.82, 2.24) is 0 Å². The van der Waals surface area contributed by atoms with Crippen LogP contribution in [0, 0.1) is 3.57 Å². The summed E-state index contributed by atoms with van der Waals surface area (Å²) < 4.78 is 74.6. The summed E-state index contributed by atoms with van der Waals surface area (Å²) in [6.07, 6.45) is 0.386. The van der Waals surface area contributed by atoms with Crippen LogP contribution >= 0.6 is 92.5 Å². The van der Waals surface area contributed by atoms with Crippen molar-refractivity contribution in [1.29, 1.82) is 0 Å². The lowest BCUT2D eigenvalue weighted by Crippen LogP contribution is -2.29. The van der Waals surface area contributed by atoms with Crippen LogP contribution in [0.25, 0.3) is 11.1 Å². The Morgan fingerprint density at radius 1 is 0.667 bits per heavy atom. The van der Waals surface area contributed by atoms with E-state index in [0.717, 1.165) is 25.8 Å². The van der Waals surface area contributed by atoms with Crippen LogP contribution in [0.15, 0.2) is 82.8 Å². The molecule has 0 saturated carbocycles. The molecule has 2 aliphatic heterocycles. The Morgan fingerprint density at radius 3 is 1.65 bits per heavy atom. The van der Waals surface area contributed by atoms with Crippen molar-refractivity contribution in [2.45, 2.75) is 23.9 Å². The Hall–Kier alpha value is -1.63.